The van der Waals surface area contributed by atoms with Crippen molar-refractivity contribution in [2.24, 2.45) is 0 Å². The van der Waals surface area contributed by atoms with Gasteiger partial charge in [-0.05, 0) is 38.2 Å². The summed E-state index contributed by atoms with van der Waals surface area (Å²) in [5.74, 6) is 0.478. The van der Waals surface area contributed by atoms with Gasteiger partial charge in [0.25, 0.3) is 5.69 Å². The highest BCUT2D eigenvalue weighted by molar-refractivity contribution is 5.82. The molecule has 1 atom stereocenters. The molecule has 0 radical (unpaired) electrons. The quantitative estimate of drug-likeness (QED) is 0.316. The third-order valence-corrected chi connectivity index (χ3v) is 3.79. The molecule has 1 fully saturated rings. The Kier molecular flexibility index (Phi) is 6.49. The second kappa shape index (κ2) is 8.59. The van der Waals surface area contributed by atoms with Crippen LogP contribution in [0.4, 0.5) is 5.69 Å². The Labute approximate surface area is 134 Å². The van der Waals surface area contributed by atoms with Crippen LogP contribution < -0.4 is 4.74 Å². The van der Waals surface area contributed by atoms with Crippen LogP contribution in [0.2, 0.25) is 0 Å². The first-order chi connectivity index (χ1) is 11.2. The van der Waals surface area contributed by atoms with Crippen LogP contribution in [-0.4, -0.2) is 37.8 Å². The van der Waals surface area contributed by atoms with Crippen LogP contribution in [0.25, 0.3) is 0 Å². The molecule has 0 N–H and O–H groups in total. The van der Waals surface area contributed by atoms with E-state index >= 15 is 0 Å². The molecule has 0 aliphatic carbocycles. The predicted octanol–water partition coefficient (Wildman–Crippen LogP) is 2.89. The maximum Gasteiger partial charge on any atom is 0.280 e. The molecule has 7 nitrogen and oxygen atoms in total. The largest absolute Gasteiger partial charge is 0.496 e. The third-order valence-electron chi connectivity index (χ3n) is 3.79. The van der Waals surface area contributed by atoms with Crippen molar-refractivity contribution < 1.29 is 23.9 Å². The van der Waals surface area contributed by atoms with Gasteiger partial charge < -0.3 is 14.2 Å². The van der Waals surface area contributed by atoms with Gasteiger partial charge in [0.1, 0.15) is 5.75 Å². The van der Waals surface area contributed by atoms with Gasteiger partial charge in [-0.15, -0.1) is 0 Å². The Morgan fingerprint density at radius 2 is 2.26 bits per heavy atom. The van der Waals surface area contributed by atoms with Crippen LogP contribution in [-0.2, 0) is 15.9 Å². The van der Waals surface area contributed by atoms with Crippen molar-refractivity contribution in [1.82, 2.24) is 0 Å². The molecule has 0 bridgehead atoms. The molecule has 1 heterocycles. The lowest BCUT2D eigenvalue weighted by molar-refractivity contribution is -0.385. The van der Waals surface area contributed by atoms with E-state index in [4.69, 9.17) is 14.2 Å². The molecule has 23 heavy (non-hydrogen) atoms. The second-order valence-electron chi connectivity index (χ2n) is 5.37. The average Bonchev–Trinajstić information content (AvgIpc) is 2.58. The van der Waals surface area contributed by atoms with Crippen LogP contribution in [0.1, 0.15) is 41.6 Å². The minimum Gasteiger partial charge on any atom is -0.496 e. The summed E-state index contributed by atoms with van der Waals surface area (Å²) in [4.78, 5) is 21.4. The third kappa shape index (κ3) is 4.74. The van der Waals surface area contributed by atoms with Crippen LogP contribution in [0.15, 0.2) is 12.1 Å². The van der Waals surface area contributed by atoms with E-state index in [9.17, 15) is 14.9 Å². The monoisotopic (exact) mass is 323 g/mol. The fraction of sp³-hybridized carbons (Fsp3) is 0.562. The highest BCUT2D eigenvalue weighted by Gasteiger charge is 2.18. The molecular formula is C16H21NO6. The number of methoxy groups -OCH3 is 1. The number of nitro groups is 1. The number of nitrogens with zero attached hydrogens (tertiary/aromatic N) is 1. The summed E-state index contributed by atoms with van der Waals surface area (Å²) >= 11 is 0. The number of aldehydes is 1. The minimum absolute atomic E-state index is 0.0162. The molecule has 1 aromatic rings. The predicted molar refractivity (Wildman–Crippen MR) is 82.9 cm³/mol. The van der Waals surface area contributed by atoms with E-state index in [0.717, 1.165) is 25.9 Å². The highest BCUT2D eigenvalue weighted by Crippen LogP contribution is 2.28. The van der Waals surface area contributed by atoms with Crippen molar-refractivity contribution in [3.8, 4) is 5.75 Å². The van der Waals surface area contributed by atoms with Gasteiger partial charge in [0, 0.05) is 18.2 Å². The summed E-state index contributed by atoms with van der Waals surface area (Å²) in [6, 6.07) is 2.81. The molecular weight excluding hydrogens is 302 g/mol. The lowest BCUT2D eigenvalue weighted by atomic mass is 10.0. The van der Waals surface area contributed by atoms with E-state index in [-0.39, 0.29) is 17.5 Å². The summed E-state index contributed by atoms with van der Waals surface area (Å²) in [6.45, 7) is 1.24. The fourth-order valence-corrected chi connectivity index (χ4v) is 2.59. The first kappa shape index (κ1) is 17.4. The zero-order valence-electron chi connectivity index (χ0n) is 13.2. The van der Waals surface area contributed by atoms with Crippen molar-refractivity contribution >= 4 is 12.0 Å². The Bertz CT molecular complexity index is 554. The molecule has 1 aromatic carbocycles. The fourth-order valence-electron chi connectivity index (χ4n) is 2.59. The van der Waals surface area contributed by atoms with Crippen LogP contribution in [0.3, 0.4) is 0 Å². The van der Waals surface area contributed by atoms with Gasteiger partial charge in [0.05, 0.1) is 24.2 Å². The molecule has 7 heteroatoms. The molecule has 1 aliphatic rings. The molecule has 1 unspecified atom stereocenters. The topological polar surface area (TPSA) is 87.9 Å². The van der Waals surface area contributed by atoms with Crippen molar-refractivity contribution in [3.05, 3.63) is 33.4 Å². The maximum atomic E-state index is 11.0. The highest BCUT2D eigenvalue weighted by atomic mass is 16.7. The van der Waals surface area contributed by atoms with Crippen LogP contribution >= 0.6 is 0 Å². The zero-order chi connectivity index (χ0) is 16.7. The SMILES string of the molecule is COc1cc(C=O)c([N+](=O)[O-])cc1CCCOC1CCCCO1. The number of carbonyl (C=O) groups is 1. The molecule has 126 valence electrons. The smallest absolute Gasteiger partial charge is 0.280 e. The maximum absolute atomic E-state index is 11.0. The van der Waals surface area contributed by atoms with Gasteiger partial charge in [0.2, 0.25) is 0 Å². The summed E-state index contributed by atoms with van der Waals surface area (Å²) in [5.41, 5.74) is 0.507. The number of benzene rings is 1. The molecule has 0 amide bonds. The second-order valence-corrected chi connectivity index (χ2v) is 5.37. The number of hydrogen-bond donors (Lipinski definition) is 0. The number of aryl methyl sites for hydroxylation is 1. The van der Waals surface area contributed by atoms with E-state index in [2.05, 4.69) is 0 Å². The normalized spacial score (nSPS) is 17.7. The van der Waals surface area contributed by atoms with E-state index < -0.39 is 4.92 Å². The van der Waals surface area contributed by atoms with Crippen molar-refractivity contribution in [3.63, 3.8) is 0 Å². The van der Waals surface area contributed by atoms with E-state index in [1.165, 1.54) is 19.2 Å². The van der Waals surface area contributed by atoms with Gasteiger partial charge >= 0.3 is 0 Å². The minimum atomic E-state index is -0.557. The standard InChI is InChI=1S/C16H21NO6/c1-21-15-10-13(11-18)14(17(19)20)9-12(15)5-4-8-23-16-6-2-3-7-22-16/h9-11,16H,2-8H2,1H3. The molecule has 2 rings (SSSR count). The van der Waals surface area contributed by atoms with Crippen molar-refractivity contribution in [2.75, 3.05) is 20.3 Å². The van der Waals surface area contributed by atoms with E-state index in [0.29, 0.717) is 37.0 Å². The number of rotatable bonds is 8. The average molecular weight is 323 g/mol. The number of hydrogen-bond acceptors (Lipinski definition) is 6. The molecule has 1 aliphatic heterocycles. The Morgan fingerprint density at radius 1 is 1.43 bits per heavy atom. The molecule has 0 spiro atoms. The first-order valence-corrected chi connectivity index (χ1v) is 7.69. The summed E-state index contributed by atoms with van der Waals surface area (Å²) in [7, 11) is 1.48. The lowest BCUT2D eigenvalue weighted by Gasteiger charge is -2.22. The number of ether oxygens (including phenoxy) is 3. The number of nitro benzene ring substituents is 1. The summed E-state index contributed by atoms with van der Waals surface area (Å²) in [5, 5.41) is 11.0. The van der Waals surface area contributed by atoms with Gasteiger partial charge in [-0.1, -0.05) is 0 Å². The zero-order valence-corrected chi connectivity index (χ0v) is 13.2. The van der Waals surface area contributed by atoms with Gasteiger partial charge in [-0.25, -0.2) is 0 Å². The van der Waals surface area contributed by atoms with Crippen molar-refractivity contribution in [2.45, 2.75) is 38.4 Å². The van der Waals surface area contributed by atoms with Gasteiger partial charge in [-0.2, -0.15) is 0 Å². The van der Waals surface area contributed by atoms with E-state index in [1.54, 1.807) is 0 Å². The van der Waals surface area contributed by atoms with E-state index in [1.807, 2.05) is 0 Å². The molecule has 0 saturated carbocycles. The lowest BCUT2D eigenvalue weighted by Crippen LogP contribution is -2.22. The first-order valence-electron chi connectivity index (χ1n) is 7.69. The Balaban J connectivity index is 1.96. The Hall–Kier alpha value is -1.99. The number of carbonyl (C=O) groups excluding carboxylic acids is 1. The Morgan fingerprint density at radius 3 is 2.87 bits per heavy atom. The molecule has 1 saturated heterocycles. The molecule has 0 aromatic heterocycles. The van der Waals surface area contributed by atoms with Gasteiger partial charge in [-0.3, -0.25) is 14.9 Å². The summed E-state index contributed by atoms with van der Waals surface area (Å²) in [6.07, 6.45) is 4.67. The van der Waals surface area contributed by atoms with Crippen LogP contribution in [0, 0.1) is 10.1 Å². The van der Waals surface area contributed by atoms with Gasteiger partial charge in [0.15, 0.2) is 12.6 Å². The van der Waals surface area contributed by atoms with Crippen molar-refractivity contribution in [1.29, 1.82) is 0 Å². The summed E-state index contributed by atoms with van der Waals surface area (Å²) < 4.78 is 16.4. The van der Waals surface area contributed by atoms with Crippen LogP contribution in [0.5, 0.6) is 5.75 Å².